The van der Waals surface area contributed by atoms with Crippen molar-refractivity contribution < 1.29 is 0 Å². The highest BCUT2D eigenvalue weighted by Crippen LogP contribution is 2.21. The van der Waals surface area contributed by atoms with Crippen LogP contribution in [0.25, 0.3) is 5.65 Å². The van der Waals surface area contributed by atoms with Crippen LogP contribution in [0.2, 0.25) is 0 Å². The van der Waals surface area contributed by atoms with Gasteiger partial charge in [0.15, 0.2) is 5.65 Å². The van der Waals surface area contributed by atoms with E-state index in [4.69, 9.17) is 5.73 Å². The van der Waals surface area contributed by atoms with Crippen LogP contribution in [0, 0.1) is 6.92 Å². The maximum Gasteiger partial charge on any atom is 0.243 e. The second-order valence-electron chi connectivity index (χ2n) is 4.45. The number of aromatic nitrogens is 3. The number of nitrogens with zero attached hydrogens (tertiary/aromatic N) is 3. The molecule has 2 aromatic rings. The fraction of sp³-hybridized carbons (Fsp3) is 0.455. The van der Waals surface area contributed by atoms with Gasteiger partial charge in [0.1, 0.15) is 0 Å². The topological polar surface area (TPSA) is 68.2 Å². The number of nitrogens with one attached hydrogen (secondary N) is 1. The quantitative estimate of drug-likeness (QED) is 0.785. The van der Waals surface area contributed by atoms with Gasteiger partial charge in [0, 0.05) is 17.8 Å². The van der Waals surface area contributed by atoms with E-state index in [1.54, 1.807) is 0 Å². The minimum atomic E-state index is 0.344. The van der Waals surface area contributed by atoms with E-state index in [2.05, 4.69) is 15.4 Å². The first-order valence-corrected chi connectivity index (χ1v) is 5.57. The Labute approximate surface area is 93.7 Å². The second kappa shape index (κ2) is 3.45. The van der Waals surface area contributed by atoms with Crippen molar-refractivity contribution in [2.45, 2.75) is 31.8 Å². The molecule has 2 heterocycles. The van der Waals surface area contributed by atoms with E-state index in [0.717, 1.165) is 24.2 Å². The Bertz CT molecular complexity index is 512. The number of pyridine rings is 1. The molecule has 0 atom stereocenters. The Balaban J connectivity index is 1.85. The van der Waals surface area contributed by atoms with Crippen LogP contribution in [0.3, 0.4) is 0 Å². The summed E-state index contributed by atoms with van der Waals surface area (Å²) in [7, 11) is 0. The van der Waals surface area contributed by atoms with Gasteiger partial charge in [0.05, 0.1) is 0 Å². The van der Waals surface area contributed by atoms with Gasteiger partial charge in [-0.15, -0.1) is 5.10 Å². The van der Waals surface area contributed by atoms with E-state index in [9.17, 15) is 0 Å². The highest BCUT2D eigenvalue weighted by Gasteiger charge is 2.26. The molecule has 3 N–H and O–H groups in total. The monoisotopic (exact) mass is 217 g/mol. The van der Waals surface area contributed by atoms with Gasteiger partial charge in [0.2, 0.25) is 5.95 Å². The van der Waals surface area contributed by atoms with Gasteiger partial charge in [-0.25, -0.2) is 4.52 Å². The molecule has 3 rings (SSSR count). The van der Waals surface area contributed by atoms with Crippen LogP contribution < -0.4 is 11.1 Å². The minimum Gasteiger partial charge on any atom is -0.350 e. The summed E-state index contributed by atoms with van der Waals surface area (Å²) in [6.45, 7) is 2.02. The molecule has 0 unspecified atom stereocenters. The summed E-state index contributed by atoms with van der Waals surface area (Å²) < 4.78 is 1.85. The van der Waals surface area contributed by atoms with Crippen molar-refractivity contribution in [3.63, 3.8) is 0 Å². The molecule has 0 amide bonds. The van der Waals surface area contributed by atoms with Crippen LogP contribution in [0.15, 0.2) is 18.2 Å². The largest absolute Gasteiger partial charge is 0.350 e. The highest BCUT2D eigenvalue weighted by molar-refractivity contribution is 5.44. The maximum atomic E-state index is 5.74. The van der Waals surface area contributed by atoms with Crippen molar-refractivity contribution in [1.82, 2.24) is 14.6 Å². The van der Waals surface area contributed by atoms with E-state index >= 15 is 0 Å². The molecule has 1 saturated carbocycles. The number of hydrogen-bond acceptors (Lipinski definition) is 4. The maximum absolute atomic E-state index is 5.74. The third-order valence-electron chi connectivity index (χ3n) is 3.06. The lowest BCUT2D eigenvalue weighted by Crippen LogP contribution is -2.44. The van der Waals surface area contributed by atoms with Crippen molar-refractivity contribution >= 4 is 11.6 Å². The molecule has 84 valence electrons. The minimum absolute atomic E-state index is 0.344. The lowest BCUT2D eigenvalue weighted by molar-refractivity contribution is 0.372. The fourth-order valence-electron chi connectivity index (χ4n) is 2.06. The Hall–Kier alpha value is -1.62. The van der Waals surface area contributed by atoms with Crippen LogP contribution in [0.4, 0.5) is 5.95 Å². The summed E-state index contributed by atoms with van der Waals surface area (Å²) >= 11 is 0. The molecule has 1 aliphatic rings. The molecular formula is C11H15N5. The van der Waals surface area contributed by atoms with Crippen LogP contribution >= 0.6 is 0 Å². The van der Waals surface area contributed by atoms with E-state index in [-0.39, 0.29) is 0 Å². The lowest BCUT2D eigenvalue weighted by atomic mass is 9.88. The Morgan fingerprint density at radius 1 is 1.44 bits per heavy atom. The molecule has 0 radical (unpaired) electrons. The van der Waals surface area contributed by atoms with Crippen molar-refractivity contribution in [3.8, 4) is 0 Å². The normalized spacial score (nSPS) is 24.4. The van der Waals surface area contributed by atoms with Crippen molar-refractivity contribution in [2.24, 2.45) is 5.73 Å². The lowest BCUT2D eigenvalue weighted by Gasteiger charge is -2.32. The zero-order chi connectivity index (χ0) is 11.1. The summed E-state index contributed by atoms with van der Waals surface area (Å²) in [5, 5.41) is 7.72. The molecule has 5 heteroatoms. The Morgan fingerprint density at radius 2 is 2.25 bits per heavy atom. The third-order valence-corrected chi connectivity index (χ3v) is 3.06. The summed E-state index contributed by atoms with van der Waals surface area (Å²) in [5.41, 5.74) is 7.70. The number of hydrogen-bond donors (Lipinski definition) is 2. The molecule has 0 aliphatic heterocycles. The zero-order valence-corrected chi connectivity index (χ0v) is 9.22. The van der Waals surface area contributed by atoms with E-state index < -0.39 is 0 Å². The molecule has 0 spiro atoms. The van der Waals surface area contributed by atoms with Gasteiger partial charge in [-0.1, -0.05) is 6.07 Å². The molecular weight excluding hydrogens is 202 g/mol. The van der Waals surface area contributed by atoms with Crippen molar-refractivity contribution in [3.05, 3.63) is 23.9 Å². The molecule has 5 nitrogen and oxygen atoms in total. The number of fused-ring (bicyclic) bond motifs is 1. The number of anilines is 1. The van der Waals surface area contributed by atoms with Gasteiger partial charge in [-0.2, -0.15) is 4.98 Å². The number of nitrogens with two attached hydrogens (primary N) is 1. The molecule has 2 aromatic heterocycles. The van der Waals surface area contributed by atoms with Gasteiger partial charge in [-0.3, -0.25) is 0 Å². The smallest absolute Gasteiger partial charge is 0.243 e. The Morgan fingerprint density at radius 3 is 2.94 bits per heavy atom. The summed E-state index contributed by atoms with van der Waals surface area (Å²) in [5.74, 6) is 0.700. The standard InChI is InChI=1S/C11H15N5/c1-7-3-2-4-10-14-11(15-16(7)10)13-9-5-8(12)6-9/h2-4,8-9H,5-6,12H2,1H3,(H,13,15). The fourth-order valence-corrected chi connectivity index (χ4v) is 2.06. The molecule has 0 saturated heterocycles. The Kier molecular flexibility index (Phi) is 2.07. The highest BCUT2D eigenvalue weighted by atomic mass is 15.4. The van der Waals surface area contributed by atoms with Gasteiger partial charge in [-0.05, 0) is 31.9 Å². The van der Waals surface area contributed by atoms with E-state index in [0.29, 0.717) is 18.0 Å². The predicted octanol–water partition coefficient (Wildman–Crippen LogP) is 0.939. The summed E-state index contributed by atoms with van der Waals surface area (Å²) in [6, 6.07) is 6.74. The van der Waals surface area contributed by atoms with Crippen LogP contribution in [0.5, 0.6) is 0 Å². The third kappa shape index (κ3) is 1.53. The number of rotatable bonds is 2. The molecule has 16 heavy (non-hydrogen) atoms. The average Bonchev–Trinajstić information content (AvgIpc) is 2.60. The van der Waals surface area contributed by atoms with Gasteiger partial charge >= 0.3 is 0 Å². The molecule has 1 aliphatic carbocycles. The molecule has 1 fully saturated rings. The predicted molar refractivity (Wildman–Crippen MR) is 62.3 cm³/mol. The molecule has 0 aromatic carbocycles. The first-order valence-electron chi connectivity index (χ1n) is 5.57. The molecule has 0 bridgehead atoms. The first-order chi connectivity index (χ1) is 7.72. The summed E-state index contributed by atoms with van der Waals surface area (Å²) in [4.78, 5) is 4.42. The average molecular weight is 217 g/mol. The SMILES string of the molecule is Cc1cccc2nc(NC3CC(N)C3)nn12. The van der Waals surface area contributed by atoms with Gasteiger partial charge < -0.3 is 11.1 Å². The van der Waals surface area contributed by atoms with Crippen molar-refractivity contribution in [1.29, 1.82) is 0 Å². The van der Waals surface area contributed by atoms with Crippen LogP contribution in [-0.2, 0) is 0 Å². The number of aryl methyl sites for hydroxylation is 1. The van der Waals surface area contributed by atoms with E-state index in [1.807, 2.05) is 29.6 Å². The zero-order valence-electron chi connectivity index (χ0n) is 9.22. The van der Waals surface area contributed by atoms with Crippen LogP contribution in [-0.4, -0.2) is 26.7 Å². The van der Waals surface area contributed by atoms with Crippen LogP contribution in [0.1, 0.15) is 18.5 Å². The summed E-state index contributed by atoms with van der Waals surface area (Å²) in [6.07, 6.45) is 2.02. The van der Waals surface area contributed by atoms with Gasteiger partial charge in [0.25, 0.3) is 0 Å². The van der Waals surface area contributed by atoms with E-state index in [1.165, 1.54) is 0 Å². The van der Waals surface area contributed by atoms with Crippen molar-refractivity contribution in [2.75, 3.05) is 5.32 Å². The second-order valence-corrected chi connectivity index (χ2v) is 4.45. The first kappa shape index (κ1) is 9.59.